The highest BCUT2D eigenvalue weighted by Gasteiger charge is 2.34. The quantitative estimate of drug-likeness (QED) is 0.638. The maximum absolute atomic E-state index is 11.3. The summed E-state index contributed by atoms with van der Waals surface area (Å²) in [5, 5.41) is 12.1. The van der Waals surface area contributed by atoms with Gasteiger partial charge in [0.15, 0.2) is 0 Å². The van der Waals surface area contributed by atoms with Gasteiger partial charge in [0.2, 0.25) is 5.91 Å². The smallest absolute Gasteiger partial charge is 0.224 e. The number of amides is 1. The monoisotopic (exact) mass is 183 g/mol. The number of carbonyl (C=O) groups excluding carboxylic acids is 1. The molecular weight excluding hydrogens is 166 g/mol. The summed E-state index contributed by atoms with van der Waals surface area (Å²) >= 11 is 0. The van der Waals surface area contributed by atoms with Gasteiger partial charge in [0.05, 0.1) is 12.1 Å². The first kappa shape index (κ1) is 10.3. The summed E-state index contributed by atoms with van der Waals surface area (Å²) in [6, 6.07) is 0. The number of carbonyl (C=O) groups is 1. The number of hydrogen-bond donors (Lipinski definition) is 2. The molecule has 0 atom stereocenters. The molecule has 1 rings (SSSR count). The van der Waals surface area contributed by atoms with E-state index in [2.05, 4.69) is 11.9 Å². The SMILES string of the molecule is C=CCC(=O)NC1(CO)CCCC1. The maximum Gasteiger partial charge on any atom is 0.224 e. The molecular formula is C10H17NO2. The first-order chi connectivity index (χ1) is 6.22. The first-order valence-corrected chi connectivity index (χ1v) is 4.75. The van der Waals surface area contributed by atoms with Crippen molar-refractivity contribution >= 4 is 5.91 Å². The number of aliphatic hydroxyl groups excluding tert-OH is 1. The Bertz CT molecular complexity index is 195. The molecule has 0 spiro atoms. The van der Waals surface area contributed by atoms with Crippen LogP contribution in [0.15, 0.2) is 12.7 Å². The minimum atomic E-state index is -0.333. The van der Waals surface area contributed by atoms with Gasteiger partial charge in [0, 0.05) is 6.42 Å². The van der Waals surface area contributed by atoms with Crippen molar-refractivity contribution in [1.82, 2.24) is 5.32 Å². The zero-order valence-corrected chi connectivity index (χ0v) is 7.88. The second-order valence-electron chi connectivity index (χ2n) is 3.69. The Morgan fingerprint density at radius 2 is 2.15 bits per heavy atom. The highest BCUT2D eigenvalue weighted by Crippen LogP contribution is 2.29. The van der Waals surface area contributed by atoms with Gasteiger partial charge in [-0.15, -0.1) is 6.58 Å². The molecule has 0 aromatic carbocycles. The van der Waals surface area contributed by atoms with E-state index in [1.165, 1.54) is 0 Å². The minimum Gasteiger partial charge on any atom is -0.394 e. The molecule has 1 aliphatic carbocycles. The Morgan fingerprint density at radius 1 is 1.54 bits per heavy atom. The molecule has 1 aliphatic rings. The van der Waals surface area contributed by atoms with Gasteiger partial charge >= 0.3 is 0 Å². The van der Waals surface area contributed by atoms with Crippen LogP contribution in [0.1, 0.15) is 32.1 Å². The van der Waals surface area contributed by atoms with Gasteiger partial charge in [-0.05, 0) is 12.8 Å². The second kappa shape index (κ2) is 4.42. The molecule has 0 heterocycles. The fraction of sp³-hybridized carbons (Fsp3) is 0.700. The van der Waals surface area contributed by atoms with Crippen LogP contribution in [0.3, 0.4) is 0 Å². The summed E-state index contributed by atoms with van der Waals surface area (Å²) in [4.78, 5) is 11.3. The summed E-state index contributed by atoms with van der Waals surface area (Å²) in [5.74, 6) is -0.0362. The van der Waals surface area contributed by atoms with Crippen LogP contribution >= 0.6 is 0 Å². The zero-order valence-electron chi connectivity index (χ0n) is 7.88. The van der Waals surface area contributed by atoms with E-state index in [4.69, 9.17) is 0 Å². The van der Waals surface area contributed by atoms with Crippen LogP contribution in [0.4, 0.5) is 0 Å². The lowest BCUT2D eigenvalue weighted by Crippen LogP contribution is -2.49. The van der Waals surface area contributed by atoms with Gasteiger partial charge in [-0.25, -0.2) is 0 Å². The Morgan fingerprint density at radius 3 is 2.62 bits per heavy atom. The minimum absolute atomic E-state index is 0.0362. The summed E-state index contributed by atoms with van der Waals surface area (Å²) in [6.45, 7) is 3.55. The summed E-state index contributed by atoms with van der Waals surface area (Å²) in [5.41, 5.74) is -0.333. The molecule has 0 aromatic heterocycles. The van der Waals surface area contributed by atoms with Crippen molar-refractivity contribution in [3.05, 3.63) is 12.7 Å². The molecule has 3 nitrogen and oxygen atoms in total. The molecule has 3 heteroatoms. The number of hydrogen-bond acceptors (Lipinski definition) is 2. The van der Waals surface area contributed by atoms with E-state index < -0.39 is 0 Å². The van der Waals surface area contributed by atoms with Crippen molar-refractivity contribution in [3.63, 3.8) is 0 Å². The van der Waals surface area contributed by atoms with E-state index in [0.717, 1.165) is 25.7 Å². The van der Waals surface area contributed by atoms with E-state index in [0.29, 0.717) is 6.42 Å². The molecule has 0 unspecified atom stereocenters. The Balaban J connectivity index is 2.47. The van der Waals surface area contributed by atoms with Crippen molar-refractivity contribution in [3.8, 4) is 0 Å². The Hall–Kier alpha value is -0.830. The third-order valence-corrected chi connectivity index (χ3v) is 2.60. The molecule has 0 aliphatic heterocycles. The van der Waals surface area contributed by atoms with Gasteiger partial charge < -0.3 is 10.4 Å². The summed E-state index contributed by atoms with van der Waals surface area (Å²) < 4.78 is 0. The number of rotatable bonds is 4. The van der Waals surface area contributed by atoms with Crippen molar-refractivity contribution in [2.45, 2.75) is 37.6 Å². The van der Waals surface area contributed by atoms with Crippen LogP contribution in [0, 0.1) is 0 Å². The number of nitrogens with one attached hydrogen (secondary N) is 1. The van der Waals surface area contributed by atoms with Gasteiger partial charge in [-0.3, -0.25) is 4.79 Å². The Labute approximate surface area is 78.8 Å². The third kappa shape index (κ3) is 2.56. The largest absolute Gasteiger partial charge is 0.394 e. The molecule has 0 bridgehead atoms. The lowest BCUT2D eigenvalue weighted by molar-refractivity contribution is -0.122. The van der Waals surface area contributed by atoms with Crippen LogP contribution in [-0.2, 0) is 4.79 Å². The fourth-order valence-electron chi connectivity index (χ4n) is 1.85. The summed E-state index contributed by atoms with van der Waals surface area (Å²) in [7, 11) is 0. The second-order valence-corrected chi connectivity index (χ2v) is 3.69. The average Bonchev–Trinajstić information content (AvgIpc) is 2.54. The topological polar surface area (TPSA) is 49.3 Å². The maximum atomic E-state index is 11.3. The fourth-order valence-corrected chi connectivity index (χ4v) is 1.85. The van der Waals surface area contributed by atoms with Gasteiger partial charge in [0.1, 0.15) is 0 Å². The van der Waals surface area contributed by atoms with Crippen molar-refractivity contribution in [2.75, 3.05) is 6.61 Å². The normalized spacial score (nSPS) is 19.8. The van der Waals surface area contributed by atoms with Crippen molar-refractivity contribution in [2.24, 2.45) is 0 Å². The highest BCUT2D eigenvalue weighted by atomic mass is 16.3. The molecule has 0 radical (unpaired) electrons. The molecule has 74 valence electrons. The zero-order chi connectivity index (χ0) is 9.73. The molecule has 13 heavy (non-hydrogen) atoms. The van der Waals surface area contributed by atoms with E-state index >= 15 is 0 Å². The lowest BCUT2D eigenvalue weighted by atomic mass is 9.99. The van der Waals surface area contributed by atoms with Gasteiger partial charge in [0.25, 0.3) is 0 Å². The predicted octanol–water partition coefficient (Wildman–Crippen LogP) is 0.984. The highest BCUT2D eigenvalue weighted by molar-refractivity contribution is 5.78. The van der Waals surface area contributed by atoms with Gasteiger partial charge in [-0.2, -0.15) is 0 Å². The van der Waals surface area contributed by atoms with Crippen LogP contribution in [0.5, 0.6) is 0 Å². The first-order valence-electron chi connectivity index (χ1n) is 4.75. The summed E-state index contributed by atoms with van der Waals surface area (Å²) in [6.07, 6.45) is 5.89. The van der Waals surface area contributed by atoms with Crippen LogP contribution in [0.25, 0.3) is 0 Å². The van der Waals surface area contributed by atoms with Crippen LogP contribution in [-0.4, -0.2) is 23.2 Å². The van der Waals surface area contributed by atoms with Crippen molar-refractivity contribution < 1.29 is 9.90 Å². The lowest BCUT2D eigenvalue weighted by Gasteiger charge is -2.27. The molecule has 0 saturated heterocycles. The van der Waals surface area contributed by atoms with Crippen LogP contribution < -0.4 is 5.32 Å². The number of aliphatic hydroxyl groups is 1. The molecule has 1 saturated carbocycles. The molecule has 1 fully saturated rings. The van der Waals surface area contributed by atoms with E-state index in [1.54, 1.807) is 6.08 Å². The van der Waals surface area contributed by atoms with Crippen LogP contribution in [0.2, 0.25) is 0 Å². The predicted molar refractivity (Wildman–Crippen MR) is 51.2 cm³/mol. The molecule has 0 aromatic rings. The van der Waals surface area contributed by atoms with Crippen molar-refractivity contribution in [1.29, 1.82) is 0 Å². The van der Waals surface area contributed by atoms with Gasteiger partial charge in [-0.1, -0.05) is 18.9 Å². The van der Waals surface area contributed by atoms with E-state index in [1.807, 2.05) is 0 Å². The average molecular weight is 183 g/mol. The third-order valence-electron chi connectivity index (χ3n) is 2.60. The molecule has 1 amide bonds. The van der Waals surface area contributed by atoms with E-state index in [9.17, 15) is 9.90 Å². The standard InChI is InChI=1S/C10H17NO2/c1-2-5-9(13)11-10(8-12)6-3-4-7-10/h2,12H,1,3-8H2,(H,11,13). The molecule has 2 N–H and O–H groups in total. The van der Waals surface area contributed by atoms with E-state index in [-0.39, 0.29) is 18.1 Å². The Kier molecular flexibility index (Phi) is 3.48.